The van der Waals surface area contributed by atoms with Crippen molar-refractivity contribution < 1.29 is 4.74 Å². The van der Waals surface area contributed by atoms with Gasteiger partial charge in [-0.3, -0.25) is 0 Å². The molecule has 2 heterocycles. The van der Waals surface area contributed by atoms with E-state index in [9.17, 15) is 0 Å². The number of fused-ring (bicyclic) bond motifs is 1. The Morgan fingerprint density at radius 3 is 1.79 bits per heavy atom. The summed E-state index contributed by atoms with van der Waals surface area (Å²) in [7, 11) is 0. The summed E-state index contributed by atoms with van der Waals surface area (Å²) >= 11 is 6.32. The Morgan fingerprint density at radius 1 is 0.718 bits per heavy atom. The second-order valence-electron chi connectivity index (χ2n) is 9.64. The van der Waals surface area contributed by atoms with Gasteiger partial charge in [0.05, 0.1) is 17.3 Å². The van der Waals surface area contributed by atoms with Gasteiger partial charge < -0.3 is 4.74 Å². The van der Waals surface area contributed by atoms with Crippen LogP contribution in [0, 0.1) is 0 Å². The van der Waals surface area contributed by atoms with Gasteiger partial charge in [-0.25, -0.2) is 14.6 Å². The van der Waals surface area contributed by atoms with E-state index >= 15 is 0 Å². The van der Waals surface area contributed by atoms with Crippen LogP contribution in [0.15, 0.2) is 122 Å². The lowest BCUT2D eigenvalue weighted by molar-refractivity contribution is 0.243. The number of halogens is 1. The Labute approximate surface area is 232 Å². The fourth-order valence-electron chi connectivity index (χ4n) is 5.26. The fourth-order valence-corrected chi connectivity index (χ4v) is 5.40. The van der Waals surface area contributed by atoms with E-state index < -0.39 is 5.54 Å². The number of benzene rings is 4. The van der Waals surface area contributed by atoms with Crippen molar-refractivity contribution >= 4 is 22.5 Å². The molecule has 0 unspecified atom stereocenters. The first-order valence-electron chi connectivity index (χ1n) is 12.9. The average molecular weight is 531 g/mol. The summed E-state index contributed by atoms with van der Waals surface area (Å²) < 4.78 is 8.21. The van der Waals surface area contributed by atoms with Crippen LogP contribution < -0.4 is 4.74 Å². The molecule has 0 aliphatic heterocycles. The average Bonchev–Trinajstić information content (AvgIpc) is 3.34. The second-order valence-corrected chi connectivity index (χ2v) is 10.0. The highest BCUT2D eigenvalue weighted by Gasteiger charge is 2.41. The smallest absolute Gasteiger partial charge is 0.138 e. The van der Waals surface area contributed by atoms with Gasteiger partial charge in [0.15, 0.2) is 0 Å². The number of hydrogen-bond acceptors (Lipinski definition) is 4. The van der Waals surface area contributed by atoms with Crippen LogP contribution >= 0.6 is 11.6 Å². The molecule has 0 saturated carbocycles. The van der Waals surface area contributed by atoms with Crippen LogP contribution in [0.1, 0.15) is 30.5 Å². The number of aromatic nitrogens is 4. The van der Waals surface area contributed by atoms with Crippen molar-refractivity contribution in [1.82, 2.24) is 19.7 Å². The maximum absolute atomic E-state index is 6.32. The molecule has 192 valence electrons. The molecule has 0 fully saturated rings. The summed E-state index contributed by atoms with van der Waals surface area (Å²) in [6.45, 7) is 4.04. The fraction of sp³-hybridized carbons (Fsp3) is 0.121. The van der Waals surface area contributed by atoms with E-state index in [0.717, 1.165) is 33.3 Å². The number of rotatable bonds is 7. The number of hydrogen-bond donors (Lipinski definition) is 0. The maximum Gasteiger partial charge on any atom is 0.138 e. The van der Waals surface area contributed by atoms with Gasteiger partial charge >= 0.3 is 0 Å². The molecule has 0 aliphatic rings. The molecule has 0 atom stereocenters. The van der Waals surface area contributed by atoms with Crippen LogP contribution in [0.3, 0.4) is 0 Å². The predicted molar refractivity (Wildman–Crippen MR) is 156 cm³/mol. The third-order valence-corrected chi connectivity index (χ3v) is 7.00. The van der Waals surface area contributed by atoms with Crippen LogP contribution in [0.4, 0.5) is 0 Å². The van der Waals surface area contributed by atoms with Crippen molar-refractivity contribution in [3.05, 3.63) is 143 Å². The molecule has 0 radical (unpaired) electrons. The molecule has 0 saturated heterocycles. The monoisotopic (exact) mass is 530 g/mol. The van der Waals surface area contributed by atoms with E-state index in [-0.39, 0.29) is 6.10 Å². The third-order valence-electron chi connectivity index (χ3n) is 6.79. The largest absolute Gasteiger partial charge is 0.491 e. The van der Waals surface area contributed by atoms with Gasteiger partial charge in [-0.15, -0.1) is 0 Å². The maximum atomic E-state index is 6.32. The minimum atomic E-state index is -0.780. The lowest BCUT2D eigenvalue weighted by Crippen LogP contribution is -2.38. The highest BCUT2D eigenvalue weighted by molar-refractivity contribution is 6.29. The zero-order chi connectivity index (χ0) is 26.8. The quantitative estimate of drug-likeness (QED) is 0.156. The highest BCUT2D eigenvalue weighted by Crippen LogP contribution is 2.44. The van der Waals surface area contributed by atoms with Crippen molar-refractivity contribution in [3.8, 4) is 17.1 Å². The zero-order valence-electron chi connectivity index (χ0n) is 21.7. The lowest BCUT2D eigenvalue weighted by Gasteiger charge is -2.37. The Kier molecular flexibility index (Phi) is 6.59. The standard InChI is InChI=1S/C33H27ClN4O/c1-23(2)39-27-18-19-30-28(20-27)32(29-21-31(34)36-22-35-29)37-38(30)33(24-12-6-3-7-13-24,25-14-8-4-9-15-25)26-16-10-5-11-17-26/h3-23H,1-2H3. The SMILES string of the molecule is CC(C)Oc1ccc2c(c1)c(-c1cc(Cl)ncn1)nn2C(c1ccccc1)(c1ccccc1)c1ccccc1. The first-order chi connectivity index (χ1) is 19.1. The molecule has 6 aromatic rings. The Balaban J connectivity index is 1.76. The summed E-state index contributed by atoms with van der Waals surface area (Å²) in [5.41, 5.74) is 4.76. The van der Waals surface area contributed by atoms with Crippen LogP contribution in [0.5, 0.6) is 5.75 Å². The minimum Gasteiger partial charge on any atom is -0.491 e. The molecule has 4 aromatic carbocycles. The molecule has 0 bridgehead atoms. The number of nitrogens with zero attached hydrogens (tertiary/aromatic N) is 4. The Bertz CT molecular complexity index is 1620. The van der Waals surface area contributed by atoms with Crippen molar-refractivity contribution in [1.29, 1.82) is 0 Å². The molecular weight excluding hydrogens is 504 g/mol. The van der Waals surface area contributed by atoms with Crippen molar-refractivity contribution in [2.45, 2.75) is 25.5 Å². The number of ether oxygens (including phenoxy) is 1. The van der Waals surface area contributed by atoms with E-state index in [1.165, 1.54) is 6.33 Å². The summed E-state index contributed by atoms with van der Waals surface area (Å²) in [5, 5.41) is 6.61. The third kappa shape index (κ3) is 4.45. The first kappa shape index (κ1) is 24.8. The Hall–Kier alpha value is -4.48. The molecule has 2 aromatic heterocycles. The van der Waals surface area contributed by atoms with Gasteiger partial charge in [-0.2, -0.15) is 5.10 Å². The minimum absolute atomic E-state index is 0.0338. The molecule has 0 amide bonds. The van der Waals surface area contributed by atoms with Crippen LogP contribution in [0.2, 0.25) is 5.15 Å². The summed E-state index contributed by atoms with van der Waals surface area (Å²) in [4.78, 5) is 8.65. The summed E-state index contributed by atoms with van der Waals surface area (Å²) in [6.07, 6.45) is 1.50. The van der Waals surface area contributed by atoms with E-state index in [4.69, 9.17) is 21.4 Å². The van der Waals surface area contributed by atoms with Crippen LogP contribution in [-0.4, -0.2) is 25.9 Å². The van der Waals surface area contributed by atoms with Crippen molar-refractivity contribution in [2.24, 2.45) is 0 Å². The first-order valence-corrected chi connectivity index (χ1v) is 13.3. The molecule has 5 nitrogen and oxygen atoms in total. The Morgan fingerprint density at radius 2 is 1.28 bits per heavy atom. The molecule has 6 heteroatoms. The molecule has 0 N–H and O–H groups in total. The van der Waals surface area contributed by atoms with Gasteiger partial charge in [0.1, 0.15) is 28.5 Å². The molecule has 0 aliphatic carbocycles. The summed E-state index contributed by atoms with van der Waals surface area (Å²) in [6, 6.07) is 39.4. The van der Waals surface area contributed by atoms with Gasteiger partial charge in [0, 0.05) is 11.5 Å². The van der Waals surface area contributed by atoms with Gasteiger partial charge in [-0.05, 0) is 48.7 Å². The van der Waals surface area contributed by atoms with E-state index in [2.05, 4.69) is 93.5 Å². The zero-order valence-corrected chi connectivity index (χ0v) is 22.5. The highest BCUT2D eigenvalue weighted by atomic mass is 35.5. The molecule has 39 heavy (non-hydrogen) atoms. The van der Waals surface area contributed by atoms with E-state index in [1.807, 2.05) is 44.2 Å². The van der Waals surface area contributed by atoms with Crippen molar-refractivity contribution in [3.63, 3.8) is 0 Å². The van der Waals surface area contributed by atoms with Gasteiger partial charge in [-0.1, -0.05) is 103 Å². The van der Waals surface area contributed by atoms with E-state index in [1.54, 1.807) is 6.07 Å². The van der Waals surface area contributed by atoms with Crippen molar-refractivity contribution in [2.75, 3.05) is 0 Å². The lowest BCUT2D eigenvalue weighted by atomic mass is 9.77. The normalized spacial score (nSPS) is 11.7. The van der Waals surface area contributed by atoms with Gasteiger partial charge in [0.25, 0.3) is 0 Å². The molecule has 0 spiro atoms. The van der Waals surface area contributed by atoms with Gasteiger partial charge in [0.2, 0.25) is 0 Å². The second kappa shape index (κ2) is 10.4. The van der Waals surface area contributed by atoms with Crippen LogP contribution in [-0.2, 0) is 5.54 Å². The predicted octanol–water partition coefficient (Wildman–Crippen LogP) is 7.77. The summed E-state index contributed by atoms with van der Waals surface area (Å²) in [5.74, 6) is 0.767. The van der Waals surface area contributed by atoms with Crippen LogP contribution in [0.25, 0.3) is 22.3 Å². The molecular formula is C33H27ClN4O. The topological polar surface area (TPSA) is 52.8 Å². The molecule has 6 rings (SSSR count). The van der Waals surface area contributed by atoms with E-state index in [0.29, 0.717) is 16.5 Å².